The number of carbonyl (C=O) groups is 2. The van der Waals surface area contributed by atoms with Crippen molar-refractivity contribution < 1.29 is 14.3 Å². The van der Waals surface area contributed by atoms with Gasteiger partial charge in [0.1, 0.15) is 11.6 Å². The van der Waals surface area contributed by atoms with Gasteiger partial charge in [-0.1, -0.05) is 60.7 Å². The number of ether oxygens (including phenoxy) is 1. The lowest BCUT2D eigenvalue weighted by molar-refractivity contribution is -0.123. The number of hydrogen-bond acceptors (Lipinski definition) is 3. The topological polar surface area (TPSA) is 67.4 Å². The van der Waals surface area contributed by atoms with Gasteiger partial charge in [-0.2, -0.15) is 0 Å². The van der Waals surface area contributed by atoms with Crippen LogP contribution in [-0.2, 0) is 16.1 Å². The summed E-state index contributed by atoms with van der Waals surface area (Å²) >= 11 is 0. The first-order valence-corrected chi connectivity index (χ1v) is 8.21. The first-order chi connectivity index (χ1) is 11.8. The lowest BCUT2D eigenvalue weighted by Crippen LogP contribution is -2.42. The van der Waals surface area contributed by atoms with E-state index in [2.05, 4.69) is 10.6 Å². The maximum Gasteiger partial charge on any atom is 0.408 e. The summed E-state index contributed by atoms with van der Waals surface area (Å²) in [5.41, 5.74) is 1.05. The molecule has 132 valence electrons. The summed E-state index contributed by atoms with van der Waals surface area (Å²) in [5, 5.41) is 5.51. The number of nitrogens with one attached hydrogen (secondary N) is 2. The summed E-state index contributed by atoms with van der Waals surface area (Å²) in [6.07, 6.45) is -0.629. The van der Waals surface area contributed by atoms with E-state index in [0.717, 1.165) is 5.56 Å². The molecule has 1 atom stereocenters. The van der Waals surface area contributed by atoms with Crippen molar-refractivity contribution in [2.45, 2.75) is 39.0 Å². The average Bonchev–Trinajstić information content (AvgIpc) is 2.58. The van der Waals surface area contributed by atoms with E-state index >= 15 is 0 Å². The van der Waals surface area contributed by atoms with Crippen LogP contribution in [-0.4, -0.2) is 17.6 Å². The largest absolute Gasteiger partial charge is 0.444 e. The SMILES string of the molecule is CC(C)(C)OC(=O)NC(C(=O)NCc1ccccc1)c1ccccc1. The van der Waals surface area contributed by atoms with Crippen LogP contribution < -0.4 is 10.6 Å². The van der Waals surface area contributed by atoms with Crippen LogP contribution in [0, 0.1) is 0 Å². The molecule has 0 spiro atoms. The molecule has 2 aromatic carbocycles. The van der Waals surface area contributed by atoms with E-state index in [-0.39, 0.29) is 5.91 Å². The predicted molar refractivity (Wildman–Crippen MR) is 96.8 cm³/mol. The smallest absolute Gasteiger partial charge is 0.408 e. The van der Waals surface area contributed by atoms with Crippen LogP contribution in [0.3, 0.4) is 0 Å². The van der Waals surface area contributed by atoms with Crippen LogP contribution >= 0.6 is 0 Å². The van der Waals surface area contributed by atoms with Gasteiger partial charge in [-0.3, -0.25) is 4.79 Å². The third-order valence-electron chi connectivity index (χ3n) is 3.37. The average molecular weight is 340 g/mol. The van der Waals surface area contributed by atoms with Gasteiger partial charge in [-0.25, -0.2) is 4.79 Å². The molecule has 2 aromatic rings. The fraction of sp³-hybridized carbons (Fsp3) is 0.300. The molecule has 0 saturated carbocycles. The van der Waals surface area contributed by atoms with Gasteiger partial charge in [0.25, 0.3) is 0 Å². The summed E-state index contributed by atoms with van der Waals surface area (Å²) in [5.74, 6) is -0.291. The van der Waals surface area contributed by atoms with Gasteiger partial charge in [0.15, 0.2) is 0 Å². The Balaban J connectivity index is 2.08. The van der Waals surface area contributed by atoms with E-state index in [1.807, 2.05) is 48.5 Å². The molecule has 0 bridgehead atoms. The van der Waals surface area contributed by atoms with Crippen molar-refractivity contribution >= 4 is 12.0 Å². The number of rotatable bonds is 5. The van der Waals surface area contributed by atoms with Gasteiger partial charge in [0, 0.05) is 6.54 Å². The number of benzene rings is 2. The standard InChI is InChI=1S/C20H24N2O3/c1-20(2,3)25-19(24)22-17(16-12-8-5-9-13-16)18(23)21-14-15-10-6-4-7-11-15/h4-13,17H,14H2,1-3H3,(H,21,23)(H,22,24). The summed E-state index contributed by atoms with van der Waals surface area (Å²) < 4.78 is 5.27. The molecule has 0 saturated heterocycles. The Kier molecular flexibility index (Phi) is 6.17. The molecule has 1 unspecified atom stereocenters. The molecular formula is C20H24N2O3. The van der Waals surface area contributed by atoms with Gasteiger partial charge in [-0.15, -0.1) is 0 Å². The molecule has 2 rings (SSSR count). The second-order valence-corrected chi connectivity index (χ2v) is 6.69. The highest BCUT2D eigenvalue weighted by Crippen LogP contribution is 2.15. The molecule has 0 aliphatic heterocycles. The van der Waals surface area contributed by atoms with Crippen LogP contribution in [0.5, 0.6) is 0 Å². The van der Waals surface area contributed by atoms with Gasteiger partial charge < -0.3 is 15.4 Å². The summed E-state index contributed by atoms with van der Waals surface area (Å²) in [6.45, 7) is 5.72. The Morgan fingerprint density at radius 3 is 2.08 bits per heavy atom. The highest BCUT2D eigenvalue weighted by atomic mass is 16.6. The number of hydrogen-bond donors (Lipinski definition) is 2. The fourth-order valence-corrected chi connectivity index (χ4v) is 2.26. The number of amides is 2. The van der Waals surface area contributed by atoms with Gasteiger partial charge in [-0.05, 0) is 31.9 Å². The van der Waals surface area contributed by atoms with Gasteiger partial charge >= 0.3 is 6.09 Å². The van der Waals surface area contributed by atoms with Crippen molar-refractivity contribution in [3.8, 4) is 0 Å². The van der Waals surface area contributed by atoms with Crippen LogP contribution in [0.1, 0.15) is 37.9 Å². The second-order valence-electron chi connectivity index (χ2n) is 6.69. The van der Waals surface area contributed by atoms with Crippen molar-refractivity contribution in [2.24, 2.45) is 0 Å². The Morgan fingerprint density at radius 1 is 0.960 bits per heavy atom. The molecule has 0 heterocycles. The normalized spacial score (nSPS) is 12.1. The molecule has 25 heavy (non-hydrogen) atoms. The predicted octanol–water partition coefficient (Wildman–Crippen LogP) is 3.57. The van der Waals surface area contributed by atoms with E-state index in [1.54, 1.807) is 32.9 Å². The van der Waals surface area contributed by atoms with Crippen molar-refractivity contribution in [2.75, 3.05) is 0 Å². The summed E-state index contributed by atoms with van der Waals surface area (Å²) in [4.78, 5) is 24.7. The molecule has 0 aromatic heterocycles. The fourth-order valence-electron chi connectivity index (χ4n) is 2.26. The van der Waals surface area contributed by atoms with Crippen molar-refractivity contribution in [1.29, 1.82) is 0 Å². The monoisotopic (exact) mass is 340 g/mol. The Hall–Kier alpha value is -2.82. The van der Waals surface area contributed by atoms with Crippen molar-refractivity contribution in [3.05, 3.63) is 71.8 Å². The van der Waals surface area contributed by atoms with E-state index in [9.17, 15) is 9.59 Å². The molecule has 0 fully saturated rings. The van der Waals surface area contributed by atoms with Gasteiger partial charge in [0.2, 0.25) is 5.91 Å². The molecule has 0 aliphatic carbocycles. The van der Waals surface area contributed by atoms with E-state index in [0.29, 0.717) is 12.1 Å². The Bertz CT molecular complexity index is 694. The lowest BCUT2D eigenvalue weighted by atomic mass is 10.1. The second kappa shape index (κ2) is 8.33. The summed E-state index contributed by atoms with van der Waals surface area (Å²) in [6, 6.07) is 17.9. The quantitative estimate of drug-likeness (QED) is 0.874. The maximum absolute atomic E-state index is 12.6. The molecular weight excluding hydrogens is 316 g/mol. The van der Waals surface area contributed by atoms with Crippen LogP contribution in [0.4, 0.5) is 4.79 Å². The van der Waals surface area contributed by atoms with E-state index in [1.165, 1.54) is 0 Å². The number of carbonyl (C=O) groups excluding carboxylic acids is 2. The van der Waals surface area contributed by atoms with Crippen LogP contribution in [0.2, 0.25) is 0 Å². The summed E-state index contributed by atoms with van der Waals surface area (Å²) in [7, 11) is 0. The Morgan fingerprint density at radius 2 is 1.52 bits per heavy atom. The van der Waals surface area contributed by atoms with E-state index < -0.39 is 17.7 Å². The molecule has 5 nitrogen and oxygen atoms in total. The highest BCUT2D eigenvalue weighted by Gasteiger charge is 2.25. The highest BCUT2D eigenvalue weighted by molar-refractivity contribution is 5.86. The lowest BCUT2D eigenvalue weighted by Gasteiger charge is -2.23. The minimum Gasteiger partial charge on any atom is -0.444 e. The first-order valence-electron chi connectivity index (χ1n) is 8.21. The third kappa shape index (κ3) is 6.30. The number of alkyl carbamates (subject to hydrolysis) is 1. The van der Waals surface area contributed by atoms with E-state index in [4.69, 9.17) is 4.74 Å². The first kappa shape index (κ1) is 18.5. The van der Waals surface area contributed by atoms with Crippen molar-refractivity contribution in [1.82, 2.24) is 10.6 Å². The van der Waals surface area contributed by atoms with Crippen LogP contribution in [0.25, 0.3) is 0 Å². The minimum atomic E-state index is -0.820. The van der Waals surface area contributed by atoms with Crippen LogP contribution in [0.15, 0.2) is 60.7 Å². The Labute approximate surface area is 148 Å². The zero-order valence-electron chi connectivity index (χ0n) is 14.8. The third-order valence-corrected chi connectivity index (χ3v) is 3.37. The van der Waals surface area contributed by atoms with Gasteiger partial charge in [0.05, 0.1) is 0 Å². The minimum absolute atomic E-state index is 0.291. The zero-order valence-corrected chi connectivity index (χ0v) is 14.8. The molecule has 0 radical (unpaired) electrons. The maximum atomic E-state index is 12.6. The zero-order chi connectivity index (χ0) is 18.3. The molecule has 2 N–H and O–H groups in total. The molecule has 2 amide bonds. The molecule has 0 aliphatic rings. The van der Waals surface area contributed by atoms with Crippen molar-refractivity contribution in [3.63, 3.8) is 0 Å². The molecule has 5 heteroatoms.